The van der Waals surface area contributed by atoms with E-state index in [9.17, 15) is 9.18 Å². The second-order valence-electron chi connectivity index (χ2n) is 4.27. The molecule has 0 aliphatic rings. The highest BCUT2D eigenvalue weighted by atomic mass is 79.9. The number of ether oxygens (including phenoxy) is 2. The van der Waals surface area contributed by atoms with E-state index >= 15 is 0 Å². The molecule has 0 spiro atoms. The number of nitrogens with two attached hydrogens (primary N) is 1. The summed E-state index contributed by atoms with van der Waals surface area (Å²) in [7, 11) is 1.27. The highest BCUT2D eigenvalue weighted by molar-refractivity contribution is 9.10. The van der Waals surface area contributed by atoms with Crippen LogP contribution in [0.2, 0.25) is 0 Å². The number of hydrogen-bond donors (Lipinski definition) is 1. The average molecular weight is 354 g/mol. The lowest BCUT2D eigenvalue weighted by Crippen LogP contribution is -2.07. The van der Waals surface area contributed by atoms with Gasteiger partial charge in [-0.15, -0.1) is 0 Å². The van der Waals surface area contributed by atoms with Gasteiger partial charge in [-0.1, -0.05) is 15.9 Å². The maximum Gasteiger partial charge on any atom is 0.341 e. The van der Waals surface area contributed by atoms with Crippen LogP contribution in [-0.2, 0) is 11.3 Å². The van der Waals surface area contributed by atoms with Crippen LogP contribution < -0.4 is 10.5 Å². The maximum atomic E-state index is 13.7. The largest absolute Gasteiger partial charge is 0.488 e. The number of anilines is 1. The smallest absolute Gasteiger partial charge is 0.341 e. The average Bonchev–Trinajstić information content (AvgIpc) is 2.47. The molecule has 2 aromatic rings. The molecule has 21 heavy (non-hydrogen) atoms. The fourth-order valence-corrected chi connectivity index (χ4v) is 2.15. The minimum atomic E-state index is -0.542. The van der Waals surface area contributed by atoms with E-state index in [2.05, 4.69) is 20.7 Å². The van der Waals surface area contributed by atoms with Crippen LogP contribution in [0.4, 0.5) is 10.1 Å². The summed E-state index contributed by atoms with van der Waals surface area (Å²) in [6, 6.07) is 9.12. The first-order chi connectivity index (χ1) is 10.0. The predicted molar refractivity (Wildman–Crippen MR) is 80.6 cm³/mol. The Labute approximate surface area is 129 Å². The van der Waals surface area contributed by atoms with Crippen LogP contribution in [0.5, 0.6) is 5.75 Å². The van der Waals surface area contributed by atoms with E-state index in [-0.39, 0.29) is 23.7 Å². The van der Waals surface area contributed by atoms with E-state index in [0.29, 0.717) is 11.3 Å². The molecule has 0 atom stereocenters. The van der Waals surface area contributed by atoms with E-state index in [4.69, 9.17) is 10.5 Å². The first-order valence-corrected chi connectivity index (χ1v) is 6.85. The Hall–Kier alpha value is -2.08. The molecule has 0 aliphatic heterocycles. The van der Waals surface area contributed by atoms with Crippen molar-refractivity contribution in [2.45, 2.75) is 6.61 Å². The van der Waals surface area contributed by atoms with Crippen molar-refractivity contribution in [3.8, 4) is 5.75 Å². The van der Waals surface area contributed by atoms with Crippen LogP contribution in [0.25, 0.3) is 0 Å². The Kier molecular flexibility index (Phi) is 4.80. The van der Waals surface area contributed by atoms with Gasteiger partial charge in [-0.3, -0.25) is 0 Å². The van der Waals surface area contributed by atoms with Gasteiger partial charge in [0, 0.05) is 21.8 Å². The van der Waals surface area contributed by atoms with Crippen molar-refractivity contribution in [1.29, 1.82) is 0 Å². The number of halogens is 2. The molecule has 0 amide bonds. The lowest BCUT2D eigenvalue weighted by molar-refractivity contribution is 0.0595. The van der Waals surface area contributed by atoms with Crippen molar-refractivity contribution in [1.82, 2.24) is 0 Å². The van der Waals surface area contributed by atoms with E-state index in [1.54, 1.807) is 18.2 Å². The summed E-state index contributed by atoms with van der Waals surface area (Å²) < 4.78 is 24.6. The fourth-order valence-electron chi connectivity index (χ4n) is 1.75. The number of carbonyl (C=O) groups is 1. The molecule has 2 aromatic carbocycles. The lowest BCUT2D eigenvalue weighted by atomic mass is 10.1. The third-order valence-corrected chi connectivity index (χ3v) is 3.30. The molecule has 2 rings (SSSR count). The van der Waals surface area contributed by atoms with Crippen LogP contribution in [0.3, 0.4) is 0 Å². The molecule has 0 bridgehead atoms. The van der Waals surface area contributed by atoms with Gasteiger partial charge in [-0.25, -0.2) is 9.18 Å². The highest BCUT2D eigenvalue weighted by Gasteiger charge is 2.14. The minimum Gasteiger partial charge on any atom is -0.488 e. The molecule has 0 saturated heterocycles. The SMILES string of the molecule is COC(=O)c1ccc(N)cc1OCc1cc(Br)ccc1F. The molecule has 0 saturated carbocycles. The Balaban J connectivity index is 2.25. The van der Waals surface area contributed by atoms with Crippen LogP contribution in [0.1, 0.15) is 15.9 Å². The summed E-state index contributed by atoms with van der Waals surface area (Å²) in [6.07, 6.45) is 0. The highest BCUT2D eigenvalue weighted by Crippen LogP contribution is 2.25. The zero-order valence-electron chi connectivity index (χ0n) is 11.2. The second kappa shape index (κ2) is 6.58. The molecule has 0 fully saturated rings. The standard InChI is InChI=1S/C15H13BrFNO3/c1-20-15(19)12-4-3-11(18)7-14(12)21-8-9-6-10(16)2-5-13(9)17/h2-7H,8,18H2,1H3. The van der Waals surface area contributed by atoms with Crippen LogP contribution in [0, 0.1) is 5.82 Å². The number of methoxy groups -OCH3 is 1. The van der Waals surface area contributed by atoms with E-state index in [0.717, 1.165) is 4.47 Å². The number of nitrogen functional groups attached to an aromatic ring is 1. The Morgan fingerprint density at radius 3 is 2.76 bits per heavy atom. The molecular formula is C15H13BrFNO3. The summed E-state index contributed by atoms with van der Waals surface area (Å²) in [5.74, 6) is -0.678. The molecule has 6 heteroatoms. The summed E-state index contributed by atoms with van der Waals surface area (Å²) in [5, 5.41) is 0. The van der Waals surface area contributed by atoms with Crippen molar-refractivity contribution >= 4 is 27.6 Å². The topological polar surface area (TPSA) is 61.5 Å². The first kappa shape index (κ1) is 15.3. The van der Waals surface area contributed by atoms with Crippen LogP contribution >= 0.6 is 15.9 Å². The lowest BCUT2D eigenvalue weighted by Gasteiger charge is -2.12. The Morgan fingerprint density at radius 1 is 1.29 bits per heavy atom. The number of esters is 1. The van der Waals surface area contributed by atoms with Gasteiger partial charge in [0.2, 0.25) is 0 Å². The predicted octanol–water partition coefficient (Wildman–Crippen LogP) is 3.54. The molecule has 0 aliphatic carbocycles. The van der Waals surface area contributed by atoms with Crippen molar-refractivity contribution in [3.63, 3.8) is 0 Å². The molecule has 0 radical (unpaired) electrons. The normalized spacial score (nSPS) is 10.2. The maximum absolute atomic E-state index is 13.7. The van der Waals surface area contributed by atoms with Gasteiger partial charge in [0.05, 0.1) is 7.11 Å². The van der Waals surface area contributed by atoms with Gasteiger partial charge in [0.25, 0.3) is 0 Å². The monoisotopic (exact) mass is 353 g/mol. The minimum absolute atomic E-state index is 0.0290. The summed E-state index contributed by atoms with van der Waals surface area (Å²) in [6.45, 7) is -0.0290. The Bertz CT molecular complexity index is 676. The van der Waals surface area contributed by atoms with Crippen LogP contribution in [-0.4, -0.2) is 13.1 Å². The molecule has 0 aromatic heterocycles. The first-order valence-electron chi connectivity index (χ1n) is 6.06. The van der Waals surface area contributed by atoms with Crippen molar-refractivity contribution in [2.75, 3.05) is 12.8 Å². The van der Waals surface area contributed by atoms with E-state index in [1.165, 1.54) is 25.3 Å². The summed E-state index contributed by atoms with van der Waals surface area (Å²) in [4.78, 5) is 11.7. The zero-order valence-corrected chi connectivity index (χ0v) is 12.8. The van der Waals surface area contributed by atoms with Gasteiger partial charge < -0.3 is 15.2 Å². The van der Waals surface area contributed by atoms with Crippen molar-refractivity contribution in [2.24, 2.45) is 0 Å². The third kappa shape index (κ3) is 3.72. The molecule has 0 heterocycles. The molecule has 2 N–H and O–H groups in total. The third-order valence-electron chi connectivity index (χ3n) is 2.80. The van der Waals surface area contributed by atoms with Gasteiger partial charge in [0.1, 0.15) is 23.7 Å². The number of rotatable bonds is 4. The van der Waals surface area contributed by atoms with Gasteiger partial charge in [-0.2, -0.15) is 0 Å². The van der Waals surface area contributed by atoms with Crippen molar-refractivity contribution < 1.29 is 18.7 Å². The summed E-state index contributed by atoms with van der Waals surface area (Å²) in [5.41, 5.74) is 6.72. The molecular weight excluding hydrogens is 341 g/mol. The summed E-state index contributed by atoms with van der Waals surface area (Å²) >= 11 is 3.27. The van der Waals surface area contributed by atoms with Gasteiger partial charge in [-0.05, 0) is 30.3 Å². The van der Waals surface area contributed by atoms with Gasteiger partial charge in [0.15, 0.2) is 0 Å². The number of benzene rings is 2. The fraction of sp³-hybridized carbons (Fsp3) is 0.133. The van der Waals surface area contributed by atoms with E-state index in [1.807, 2.05) is 0 Å². The number of carbonyl (C=O) groups excluding carboxylic acids is 1. The number of hydrogen-bond acceptors (Lipinski definition) is 4. The molecule has 4 nitrogen and oxygen atoms in total. The second-order valence-corrected chi connectivity index (χ2v) is 5.19. The molecule has 110 valence electrons. The van der Waals surface area contributed by atoms with E-state index < -0.39 is 5.97 Å². The zero-order chi connectivity index (χ0) is 15.4. The molecule has 0 unspecified atom stereocenters. The Morgan fingerprint density at radius 2 is 2.05 bits per heavy atom. The van der Waals surface area contributed by atoms with Crippen LogP contribution in [0.15, 0.2) is 40.9 Å². The quantitative estimate of drug-likeness (QED) is 0.674. The van der Waals surface area contributed by atoms with Gasteiger partial charge >= 0.3 is 5.97 Å². The van der Waals surface area contributed by atoms with Crippen molar-refractivity contribution in [3.05, 3.63) is 57.8 Å².